The van der Waals surface area contributed by atoms with Crippen molar-refractivity contribution in [2.45, 2.75) is 20.3 Å². The molecule has 1 aromatic rings. The Kier molecular flexibility index (Phi) is 6.75. The summed E-state index contributed by atoms with van der Waals surface area (Å²) in [6, 6.07) is 9.88. The minimum atomic E-state index is -0.150. The van der Waals surface area contributed by atoms with Crippen molar-refractivity contribution < 1.29 is 4.79 Å². The van der Waals surface area contributed by atoms with Crippen LogP contribution in [0.25, 0.3) is 0 Å². The van der Waals surface area contributed by atoms with Gasteiger partial charge in [0.15, 0.2) is 0 Å². The highest BCUT2D eigenvalue weighted by Crippen LogP contribution is 2.13. The molecule has 0 fully saturated rings. The Morgan fingerprint density at radius 1 is 1.45 bits per heavy atom. The van der Waals surface area contributed by atoms with Gasteiger partial charge in [0.2, 0.25) is 0 Å². The number of rotatable bonds is 7. The fourth-order valence-corrected chi connectivity index (χ4v) is 2.10. The summed E-state index contributed by atoms with van der Waals surface area (Å²) in [5.41, 5.74) is 1.80. The summed E-state index contributed by atoms with van der Waals surface area (Å²) < 4.78 is 0. The van der Waals surface area contributed by atoms with Crippen molar-refractivity contribution in [1.82, 2.24) is 10.2 Å². The first-order valence-electron chi connectivity index (χ1n) is 7.05. The van der Waals surface area contributed by atoms with Crippen molar-refractivity contribution in [3.8, 4) is 6.07 Å². The number of nitrogens with one attached hydrogen (secondary N) is 1. The van der Waals surface area contributed by atoms with Gasteiger partial charge in [-0.1, -0.05) is 18.2 Å². The van der Waals surface area contributed by atoms with Gasteiger partial charge >= 0.3 is 0 Å². The van der Waals surface area contributed by atoms with Gasteiger partial charge in [-0.2, -0.15) is 5.26 Å². The zero-order valence-electron chi connectivity index (χ0n) is 12.5. The molecule has 4 heteroatoms. The monoisotopic (exact) mass is 273 g/mol. The minimum absolute atomic E-state index is 0.0151. The lowest BCUT2D eigenvalue weighted by atomic mass is 10.0. The van der Waals surface area contributed by atoms with E-state index < -0.39 is 0 Å². The van der Waals surface area contributed by atoms with Crippen LogP contribution in [-0.4, -0.2) is 37.5 Å². The fraction of sp³-hybridized carbons (Fsp3) is 0.500. The lowest BCUT2D eigenvalue weighted by molar-refractivity contribution is 0.0751. The third-order valence-electron chi connectivity index (χ3n) is 3.28. The van der Waals surface area contributed by atoms with Crippen LogP contribution in [0.3, 0.4) is 0 Å². The first kappa shape index (κ1) is 16.2. The molecule has 1 unspecified atom stereocenters. The van der Waals surface area contributed by atoms with Gasteiger partial charge in [-0.05, 0) is 45.5 Å². The summed E-state index contributed by atoms with van der Waals surface area (Å²) in [4.78, 5) is 14.3. The highest BCUT2D eigenvalue weighted by molar-refractivity contribution is 5.95. The summed E-state index contributed by atoms with van der Waals surface area (Å²) in [6.07, 6.45) is 0.823. The van der Waals surface area contributed by atoms with E-state index in [0.717, 1.165) is 24.1 Å². The highest BCUT2D eigenvalue weighted by atomic mass is 16.2. The minimum Gasteiger partial charge on any atom is -0.338 e. The average molecular weight is 273 g/mol. The van der Waals surface area contributed by atoms with Crippen molar-refractivity contribution in [2.75, 3.05) is 26.7 Å². The number of benzene rings is 1. The third kappa shape index (κ3) is 4.36. The van der Waals surface area contributed by atoms with Crippen molar-refractivity contribution in [3.63, 3.8) is 0 Å². The molecule has 0 aliphatic rings. The van der Waals surface area contributed by atoms with Gasteiger partial charge in [-0.15, -0.1) is 0 Å². The number of nitriles is 1. The highest BCUT2D eigenvalue weighted by Gasteiger charge is 2.18. The van der Waals surface area contributed by atoms with Crippen LogP contribution in [0, 0.1) is 17.2 Å². The van der Waals surface area contributed by atoms with E-state index in [0.29, 0.717) is 13.1 Å². The first-order chi connectivity index (χ1) is 9.63. The molecule has 1 atom stereocenters. The Morgan fingerprint density at radius 2 is 2.15 bits per heavy atom. The summed E-state index contributed by atoms with van der Waals surface area (Å²) in [6.45, 7) is 5.71. The Morgan fingerprint density at radius 3 is 2.75 bits per heavy atom. The average Bonchev–Trinajstić information content (AvgIpc) is 2.49. The summed E-state index contributed by atoms with van der Waals surface area (Å²) in [5.74, 6) is -0.135. The van der Waals surface area contributed by atoms with E-state index in [1.54, 1.807) is 4.90 Å². The Balaban J connectivity index is 2.92. The molecule has 1 N–H and O–H groups in total. The number of carbonyl (C=O) groups is 1. The lowest BCUT2D eigenvalue weighted by Gasteiger charge is -2.23. The molecule has 0 spiro atoms. The third-order valence-corrected chi connectivity index (χ3v) is 3.28. The van der Waals surface area contributed by atoms with Crippen molar-refractivity contribution >= 4 is 5.91 Å². The zero-order chi connectivity index (χ0) is 15.0. The van der Waals surface area contributed by atoms with Crippen LogP contribution < -0.4 is 5.32 Å². The van der Waals surface area contributed by atoms with Crippen molar-refractivity contribution in [1.29, 1.82) is 5.26 Å². The van der Waals surface area contributed by atoms with Gasteiger partial charge in [0, 0.05) is 18.7 Å². The second kappa shape index (κ2) is 8.34. The number of hydrogen-bond donors (Lipinski definition) is 1. The van der Waals surface area contributed by atoms with E-state index in [4.69, 9.17) is 5.26 Å². The molecule has 0 radical (unpaired) electrons. The molecule has 0 aliphatic carbocycles. The second-order valence-corrected chi connectivity index (χ2v) is 4.88. The molecule has 0 saturated carbocycles. The Hall–Kier alpha value is -1.86. The fourth-order valence-electron chi connectivity index (χ4n) is 2.10. The summed E-state index contributed by atoms with van der Waals surface area (Å²) in [5, 5.41) is 12.0. The van der Waals surface area contributed by atoms with E-state index in [-0.39, 0.29) is 11.8 Å². The molecule has 1 aromatic carbocycles. The van der Waals surface area contributed by atoms with E-state index in [1.807, 2.05) is 45.2 Å². The van der Waals surface area contributed by atoms with E-state index in [9.17, 15) is 4.79 Å². The first-order valence-corrected chi connectivity index (χ1v) is 7.05. The Labute approximate surface area is 121 Å². The van der Waals surface area contributed by atoms with Gasteiger partial charge in [0.1, 0.15) is 0 Å². The molecule has 0 bridgehead atoms. The van der Waals surface area contributed by atoms with Gasteiger partial charge in [-0.25, -0.2) is 0 Å². The normalized spacial score (nSPS) is 11.7. The predicted octanol–water partition coefficient (Wildman–Crippen LogP) is 2.07. The van der Waals surface area contributed by atoms with Crippen LogP contribution >= 0.6 is 0 Å². The maximum absolute atomic E-state index is 12.6. The molecular formula is C16H23N3O. The molecular weight excluding hydrogens is 250 g/mol. The number of nitrogens with zero attached hydrogens (tertiary/aromatic N) is 2. The van der Waals surface area contributed by atoms with Crippen LogP contribution in [0.4, 0.5) is 0 Å². The van der Waals surface area contributed by atoms with Gasteiger partial charge < -0.3 is 10.2 Å². The van der Waals surface area contributed by atoms with Crippen LogP contribution in [0.1, 0.15) is 29.8 Å². The molecule has 0 aromatic heterocycles. The summed E-state index contributed by atoms with van der Waals surface area (Å²) >= 11 is 0. The van der Waals surface area contributed by atoms with E-state index in [1.165, 1.54) is 0 Å². The number of amides is 1. The van der Waals surface area contributed by atoms with Crippen LogP contribution in [0.15, 0.2) is 24.3 Å². The van der Waals surface area contributed by atoms with Crippen LogP contribution in [0.5, 0.6) is 0 Å². The molecule has 1 rings (SSSR count). The Bertz CT molecular complexity index is 479. The van der Waals surface area contributed by atoms with Crippen LogP contribution in [-0.2, 0) is 6.42 Å². The quantitative estimate of drug-likeness (QED) is 0.827. The zero-order valence-corrected chi connectivity index (χ0v) is 12.5. The van der Waals surface area contributed by atoms with Crippen LogP contribution in [0.2, 0.25) is 0 Å². The molecule has 20 heavy (non-hydrogen) atoms. The molecule has 4 nitrogen and oxygen atoms in total. The topological polar surface area (TPSA) is 56.1 Å². The standard InChI is InChI=1S/C16H23N3O/c1-4-19(12-13(2)11-17)16(20)15-8-6-5-7-14(15)9-10-18-3/h5-8,13,18H,4,9-10,12H2,1-3H3. The predicted molar refractivity (Wildman–Crippen MR) is 80.4 cm³/mol. The van der Waals surface area contributed by atoms with Crippen molar-refractivity contribution in [2.24, 2.45) is 5.92 Å². The van der Waals surface area contributed by atoms with E-state index in [2.05, 4.69) is 11.4 Å². The van der Waals surface area contributed by atoms with Crippen molar-refractivity contribution in [3.05, 3.63) is 35.4 Å². The SMILES string of the molecule is CCN(CC(C)C#N)C(=O)c1ccccc1CCNC. The second-order valence-electron chi connectivity index (χ2n) is 4.88. The summed E-state index contributed by atoms with van der Waals surface area (Å²) in [7, 11) is 1.90. The molecule has 0 heterocycles. The maximum atomic E-state index is 12.6. The van der Waals surface area contributed by atoms with Gasteiger partial charge in [0.05, 0.1) is 12.0 Å². The molecule has 108 valence electrons. The van der Waals surface area contributed by atoms with Gasteiger partial charge in [-0.3, -0.25) is 4.79 Å². The smallest absolute Gasteiger partial charge is 0.254 e. The van der Waals surface area contributed by atoms with E-state index >= 15 is 0 Å². The number of carbonyl (C=O) groups excluding carboxylic acids is 1. The van der Waals surface area contributed by atoms with Gasteiger partial charge in [0.25, 0.3) is 5.91 Å². The number of likely N-dealkylation sites (N-methyl/N-ethyl adjacent to an activating group) is 1. The maximum Gasteiger partial charge on any atom is 0.254 e. The largest absolute Gasteiger partial charge is 0.338 e. The molecule has 0 aliphatic heterocycles. The lowest BCUT2D eigenvalue weighted by Crippen LogP contribution is -2.35. The number of hydrogen-bond acceptors (Lipinski definition) is 3. The molecule has 0 saturated heterocycles. The molecule has 1 amide bonds.